The number of ether oxygens (including phenoxy) is 1. The predicted octanol–water partition coefficient (Wildman–Crippen LogP) is -0.0960. The Kier molecular flexibility index (Phi) is 1.53. The Morgan fingerprint density at radius 3 is 2.85 bits per heavy atom. The van der Waals surface area contributed by atoms with Gasteiger partial charge < -0.3 is 15.0 Å². The van der Waals surface area contributed by atoms with Crippen molar-refractivity contribution in [3.63, 3.8) is 0 Å². The number of fused-ring (bicyclic) bond motifs is 1. The van der Waals surface area contributed by atoms with E-state index in [0.29, 0.717) is 6.61 Å². The second-order valence-corrected chi connectivity index (χ2v) is 4.21. The summed E-state index contributed by atoms with van der Waals surface area (Å²) in [5.74, 6) is 2.44. The van der Waals surface area contributed by atoms with E-state index in [1.54, 1.807) is 0 Å². The number of rotatable bonds is 2. The molecule has 1 aliphatic carbocycles. The smallest absolute Gasteiger partial charge is 0.409 e. The zero-order valence-electron chi connectivity index (χ0n) is 7.53. The molecule has 4 heteroatoms. The normalized spacial score (nSPS) is 42.0. The van der Waals surface area contributed by atoms with Gasteiger partial charge in [0, 0.05) is 6.54 Å². The summed E-state index contributed by atoms with van der Waals surface area (Å²) in [6.07, 6.45) is -0.113. The largest absolute Gasteiger partial charge is 0.448 e. The molecule has 3 aliphatic rings. The van der Waals surface area contributed by atoms with Crippen molar-refractivity contribution in [3.05, 3.63) is 0 Å². The summed E-state index contributed by atoms with van der Waals surface area (Å²) in [4.78, 5) is 13.0. The van der Waals surface area contributed by atoms with Crippen LogP contribution in [0.4, 0.5) is 4.79 Å². The van der Waals surface area contributed by atoms with Gasteiger partial charge in [-0.1, -0.05) is 0 Å². The number of carbonyl (C=O) groups is 1. The van der Waals surface area contributed by atoms with Crippen LogP contribution in [-0.4, -0.2) is 43.8 Å². The molecule has 13 heavy (non-hydrogen) atoms. The fourth-order valence-corrected chi connectivity index (χ4v) is 2.66. The summed E-state index contributed by atoms with van der Waals surface area (Å²) in [5.41, 5.74) is 0. The van der Waals surface area contributed by atoms with Crippen LogP contribution in [0.15, 0.2) is 0 Å². The Morgan fingerprint density at radius 1 is 1.46 bits per heavy atom. The van der Waals surface area contributed by atoms with E-state index in [0.717, 1.165) is 43.9 Å². The number of cyclic esters (lactones) is 1. The van der Waals surface area contributed by atoms with Gasteiger partial charge in [0.1, 0.15) is 6.61 Å². The van der Waals surface area contributed by atoms with Crippen LogP contribution in [0.3, 0.4) is 0 Å². The minimum Gasteiger partial charge on any atom is -0.448 e. The van der Waals surface area contributed by atoms with Crippen molar-refractivity contribution in [3.8, 4) is 0 Å². The molecule has 2 saturated heterocycles. The molecule has 2 aliphatic heterocycles. The third-order valence-electron chi connectivity index (χ3n) is 3.55. The van der Waals surface area contributed by atoms with Crippen molar-refractivity contribution in [2.45, 2.75) is 0 Å². The standard InChI is InChI=1S/C9H14N2O2/c12-9-11(1-2-13-9)5-8-6-3-10-4-7(6)8/h6-8,10H,1-5H2. The maximum Gasteiger partial charge on any atom is 0.409 e. The predicted molar refractivity (Wildman–Crippen MR) is 46.3 cm³/mol. The lowest BCUT2D eigenvalue weighted by atomic mass is 10.2. The first kappa shape index (κ1) is 7.62. The topological polar surface area (TPSA) is 41.6 Å². The van der Waals surface area contributed by atoms with Gasteiger partial charge >= 0.3 is 6.09 Å². The lowest BCUT2D eigenvalue weighted by Gasteiger charge is -2.13. The highest BCUT2D eigenvalue weighted by Crippen LogP contribution is 2.49. The molecule has 72 valence electrons. The molecule has 3 fully saturated rings. The van der Waals surface area contributed by atoms with Crippen molar-refractivity contribution in [1.82, 2.24) is 10.2 Å². The van der Waals surface area contributed by atoms with E-state index in [2.05, 4.69) is 5.32 Å². The van der Waals surface area contributed by atoms with Crippen LogP contribution in [0.25, 0.3) is 0 Å². The number of hydrogen-bond acceptors (Lipinski definition) is 3. The SMILES string of the molecule is O=C1OCCN1CC1C2CNCC21. The molecule has 0 spiro atoms. The first-order valence-electron chi connectivity index (χ1n) is 4.98. The second-order valence-electron chi connectivity index (χ2n) is 4.21. The van der Waals surface area contributed by atoms with Crippen LogP contribution in [0.2, 0.25) is 0 Å². The Hall–Kier alpha value is -0.770. The van der Waals surface area contributed by atoms with Crippen LogP contribution in [-0.2, 0) is 4.74 Å². The minimum absolute atomic E-state index is 0.113. The number of piperidine rings is 1. The number of hydrogen-bond donors (Lipinski definition) is 1. The molecule has 0 aromatic carbocycles. The Morgan fingerprint density at radius 2 is 2.23 bits per heavy atom. The summed E-state index contributed by atoms with van der Waals surface area (Å²) in [6.45, 7) is 4.60. The summed E-state index contributed by atoms with van der Waals surface area (Å²) < 4.78 is 4.89. The first-order chi connectivity index (χ1) is 6.36. The highest BCUT2D eigenvalue weighted by molar-refractivity contribution is 5.69. The molecule has 4 nitrogen and oxygen atoms in total. The fourth-order valence-electron chi connectivity index (χ4n) is 2.66. The van der Waals surface area contributed by atoms with Gasteiger partial charge in [0.05, 0.1) is 6.54 Å². The molecule has 3 rings (SSSR count). The maximum atomic E-state index is 11.1. The summed E-state index contributed by atoms with van der Waals surface area (Å²) in [5, 5.41) is 3.35. The van der Waals surface area contributed by atoms with E-state index in [9.17, 15) is 4.79 Å². The van der Waals surface area contributed by atoms with Crippen LogP contribution in [0.1, 0.15) is 0 Å². The number of nitrogens with one attached hydrogen (secondary N) is 1. The maximum absolute atomic E-state index is 11.1. The quantitative estimate of drug-likeness (QED) is 0.648. The van der Waals surface area contributed by atoms with Crippen molar-refractivity contribution in [1.29, 1.82) is 0 Å². The minimum atomic E-state index is -0.113. The summed E-state index contributed by atoms with van der Waals surface area (Å²) in [6, 6.07) is 0. The van der Waals surface area contributed by atoms with Gasteiger partial charge in [0.25, 0.3) is 0 Å². The van der Waals surface area contributed by atoms with Crippen molar-refractivity contribution >= 4 is 6.09 Å². The van der Waals surface area contributed by atoms with Gasteiger partial charge in [-0.2, -0.15) is 0 Å². The van der Waals surface area contributed by atoms with E-state index < -0.39 is 0 Å². The molecule has 1 saturated carbocycles. The van der Waals surface area contributed by atoms with Crippen molar-refractivity contribution in [2.24, 2.45) is 17.8 Å². The fraction of sp³-hybridized carbons (Fsp3) is 0.889. The van der Waals surface area contributed by atoms with Crippen molar-refractivity contribution < 1.29 is 9.53 Å². The third kappa shape index (κ3) is 1.12. The van der Waals surface area contributed by atoms with Crippen LogP contribution in [0.5, 0.6) is 0 Å². The average molecular weight is 182 g/mol. The first-order valence-corrected chi connectivity index (χ1v) is 4.98. The molecule has 1 N–H and O–H groups in total. The highest BCUT2D eigenvalue weighted by atomic mass is 16.6. The Balaban J connectivity index is 1.56. The molecule has 2 unspecified atom stereocenters. The molecule has 0 radical (unpaired) electrons. The molecule has 2 atom stereocenters. The van der Waals surface area contributed by atoms with Crippen LogP contribution in [0, 0.1) is 17.8 Å². The van der Waals surface area contributed by atoms with Gasteiger partial charge in [0.15, 0.2) is 0 Å². The van der Waals surface area contributed by atoms with Crippen molar-refractivity contribution in [2.75, 3.05) is 32.8 Å². The number of nitrogens with zero attached hydrogens (tertiary/aromatic N) is 1. The number of carbonyl (C=O) groups excluding carboxylic acids is 1. The molecule has 1 amide bonds. The van der Waals surface area contributed by atoms with Gasteiger partial charge in [-0.05, 0) is 30.8 Å². The average Bonchev–Trinajstić information content (AvgIpc) is 2.57. The summed E-state index contributed by atoms with van der Waals surface area (Å²) >= 11 is 0. The van der Waals surface area contributed by atoms with Crippen LogP contribution >= 0.6 is 0 Å². The van der Waals surface area contributed by atoms with Crippen LogP contribution < -0.4 is 5.32 Å². The second kappa shape index (κ2) is 2.61. The molecular weight excluding hydrogens is 168 g/mol. The van der Waals surface area contributed by atoms with E-state index in [1.807, 2.05) is 4.90 Å². The lowest BCUT2D eigenvalue weighted by Crippen LogP contribution is -2.29. The zero-order chi connectivity index (χ0) is 8.84. The molecule has 0 aromatic heterocycles. The van der Waals surface area contributed by atoms with Gasteiger partial charge in [-0.25, -0.2) is 4.79 Å². The summed E-state index contributed by atoms with van der Waals surface area (Å²) in [7, 11) is 0. The van der Waals surface area contributed by atoms with E-state index in [1.165, 1.54) is 0 Å². The molecule has 0 bridgehead atoms. The number of amides is 1. The van der Waals surface area contributed by atoms with E-state index in [4.69, 9.17) is 4.74 Å². The van der Waals surface area contributed by atoms with Gasteiger partial charge in [-0.3, -0.25) is 0 Å². The Bertz CT molecular complexity index is 234. The van der Waals surface area contributed by atoms with E-state index in [-0.39, 0.29) is 6.09 Å². The lowest BCUT2D eigenvalue weighted by molar-refractivity contribution is 0.156. The van der Waals surface area contributed by atoms with Gasteiger partial charge in [0.2, 0.25) is 0 Å². The third-order valence-corrected chi connectivity index (χ3v) is 3.55. The molecular formula is C9H14N2O2. The molecule has 2 heterocycles. The van der Waals surface area contributed by atoms with Gasteiger partial charge in [-0.15, -0.1) is 0 Å². The zero-order valence-corrected chi connectivity index (χ0v) is 7.53. The monoisotopic (exact) mass is 182 g/mol. The highest BCUT2D eigenvalue weighted by Gasteiger charge is 2.53. The van der Waals surface area contributed by atoms with E-state index >= 15 is 0 Å². The molecule has 0 aromatic rings. The Labute approximate surface area is 77.2 Å².